The number of nitrogens with one attached hydrogen (secondary N) is 1. The SMILES string of the molecule is C/C(=N\NC(=O)c1ccc2c(c1)OCCO2)c1cccc([N+](=O)[O-])c1. The van der Waals surface area contributed by atoms with Crippen LogP contribution < -0.4 is 14.9 Å². The molecular formula is C17H15N3O5. The van der Waals surface area contributed by atoms with E-state index in [0.717, 1.165) is 0 Å². The van der Waals surface area contributed by atoms with Gasteiger partial charge in [0.15, 0.2) is 11.5 Å². The molecular weight excluding hydrogens is 326 g/mol. The van der Waals surface area contributed by atoms with Crippen molar-refractivity contribution in [2.45, 2.75) is 6.92 Å². The molecule has 1 aliphatic heterocycles. The Morgan fingerprint density at radius 3 is 2.64 bits per heavy atom. The number of ether oxygens (including phenoxy) is 2. The first-order valence-electron chi connectivity index (χ1n) is 7.54. The number of hydrogen-bond acceptors (Lipinski definition) is 6. The van der Waals surface area contributed by atoms with Gasteiger partial charge in [-0.15, -0.1) is 0 Å². The van der Waals surface area contributed by atoms with Crippen LogP contribution in [0.25, 0.3) is 0 Å². The molecule has 0 atom stereocenters. The van der Waals surface area contributed by atoms with Gasteiger partial charge < -0.3 is 9.47 Å². The Balaban J connectivity index is 1.73. The summed E-state index contributed by atoms with van der Waals surface area (Å²) in [6.45, 7) is 2.57. The topological polar surface area (TPSA) is 103 Å². The normalized spacial score (nSPS) is 13.2. The molecule has 0 radical (unpaired) electrons. The van der Waals surface area contributed by atoms with Crippen molar-refractivity contribution in [3.8, 4) is 11.5 Å². The molecule has 0 saturated carbocycles. The molecule has 1 aliphatic rings. The molecule has 2 aromatic carbocycles. The monoisotopic (exact) mass is 341 g/mol. The molecule has 0 spiro atoms. The second-order valence-electron chi connectivity index (χ2n) is 5.30. The quantitative estimate of drug-likeness (QED) is 0.523. The van der Waals surface area contributed by atoms with Crippen LogP contribution in [0.2, 0.25) is 0 Å². The smallest absolute Gasteiger partial charge is 0.271 e. The number of rotatable bonds is 4. The number of non-ortho nitro benzene ring substituents is 1. The minimum atomic E-state index is -0.482. The first kappa shape index (κ1) is 16.4. The molecule has 0 aliphatic carbocycles. The highest BCUT2D eigenvalue weighted by Crippen LogP contribution is 2.30. The molecule has 0 saturated heterocycles. The van der Waals surface area contributed by atoms with Crippen LogP contribution in [0.3, 0.4) is 0 Å². The van der Waals surface area contributed by atoms with Gasteiger partial charge >= 0.3 is 0 Å². The number of benzene rings is 2. The molecule has 1 heterocycles. The van der Waals surface area contributed by atoms with Gasteiger partial charge in [0.05, 0.1) is 10.6 Å². The van der Waals surface area contributed by atoms with E-state index in [2.05, 4.69) is 10.5 Å². The van der Waals surface area contributed by atoms with E-state index in [1.54, 1.807) is 37.3 Å². The van der Waals surface area contributed by atoms with E-state index in [1.165, 1.54) is 12.1 Å². The number of carbonyl (C=O) groups excluding carboxylic acids is 1. The zero-order valence-corrected chi connectivity index (χ0v) is 13.4. The predicted molar refractivity (Wildman–Crippen MR) is 90.2 cm³/mol. The van der Waals surface area contributed by atoms with E-state index in [-0.39, 0.29) is 5.69 Å². The third-order valence-electron chi connectivity index (χ3n) is 3.60. The van der Waals surface area contributed by atoms with Crippen molar-refractivity contribution in [2.24, 2.45) is 5.10 Å². The maximum absolute atomic E-state index is 12.2. The second kappa shape index (κ2) is 7.00. The Morgan fingerprint density at radius 2 is 1.88 bits per heavy atom. The summed E-state index contributed by atoms with van der Waals surface area (Å²) < 4.78 is 10.8. The molecule has 25 heavy (non-hydrogen) atoms. The molecule has 1 amide bonds. The van der Waals surface area contributed by atoms with Crippen LogP contribution >= 0.6 is 0 Å². The third kappa shape index (κ3) is 3.74. The Kier molecular flexibility index (Phi) is 4.60. The molecule has 2 aromatic rings. The van der Waals surface area contributed by atoms with Crippen LogP contribution in [-0.4, -0.2) is 29.8 Å². The zero-order chi connectivity index (χ0) is 17.8. The summed E-state index contributed by atoms with van der Waals surface area (Å²) in [6.07, 6.45) is 0. The van der Waals surface area contributed by atoms with Gasteiger partial charge in [-0.1, -0.05) is 12.1 Å². The molecule has 8 heteroatoms. The summed E-state index contributed by atoms with van der Waals surface area (Å²) in [5, 5.41) is 14.8. The molecule has 128 valence electrons. The molecule has 0 bridgehead atoms. The van der Waals surface area contributed by atoms with E-state index in [9.17, 15) is 14.9 Å². The van der Waals surface area contributed by atoms with Gasteiger partial charge in [-0.25, -0.2) is 5.43 Å². The number of nitrogens with zero attached hydrogens (tertiary/aromatic N) is 2. The van der Waals surface area contributed by atoms with E-state index in [4.69, 9.17) is 9.47 Å². The summed E-state index contributed by atoms with van der Waals surface area (Å²) in [4.78, 5) is 22.6. The van der Waals surface area contributed by atoms with Gasteiger partial charge in [0, 0.05) is 23.3 Å². The third-order valence-corrected chi connectivity index (χ3v) is 3.60. The second-order valence-corrected chi connectivity index (χ2v) is 5.30. The largest absolute Gasteiger partial charge is 0.486 e. The summed E-state index contributed by atoms with van der Waals surface area (Å²) >= 11 is 0. The van der Waals surface area contributed by atoms with Crippen molar-refractivity contribution in [3.05, 3.63) is 63.7 Å². The number of hydrazone groups is 1. The van der Waals surface area contributed by atoms with Crippen LogP contribution in [-0.2, 0) is 0 Å². The summed E-state index contributed by atoms with van der Waals surface area (Å²) in [5.41, 5.74) is 3.78. The van der Waals surface area contributed by atoms with Crippen molar-refractivity contribution >= 4 is 17.3 Å². The number of hydrogen-bond donors (Lipinski definition) is 1. The Labute approximate surface area is 143 Å². The molecule has 1 N–H and O–H groups in total. The number of nitro groups is 1. The Bertz CT molecular complexity index is 863. The standard InChI is InChI=1S/C17H15N3O5/c1-11(12-3-2-4-14(9-12)20(22)23)18-19-17(21)13-5-6-15-16(10-13)25-8-7-24-15/h2-6,9-10H,7-8H2,1H3,(H,19,21)/b18-11+. The van der Waals surface area contributed by atoms with Gasteiger partial charge in [0.2, 0.25) is 0 Å². The molecule has 0 aromatic heterocycles. The van der Waals surface area contributed by atoms with Gasteiger partial charge in [-0.3, -0.25) is 14.9 Å². The average Bonchev–Trinajstić information content (AvgIpc) is 2.65. The van der Waals surface area contributed by atoms with Gasteiger partial charge in [-0.05, 0) is 25.1 Å². The molecule has 3 rings (SSSR count). The van der Waals surface area contributed by atoms with Crippen LogP contribution in [0.5, 0.6) is 11.5 Å². The lowest BCUT2D eigenvalue weighted by atomic mass is 10.1. The van der Waals surface area contributed by atoms with Crippen molar-refractivity contribution in [2.75, 3.05) is 13.2 Å². The van der Waals surface area contributed by atoms with E-state index >= 15 is 0 Å². The van der Waals surface area contributed by atoms with Crippen molar-refractivity contribution in [3.63, 3.8) is 0 Å². The minimum Gasteiger partial charge on any atom is -0.486 e. The Hall–Kier alpha value is -3.42. The van der Waals surface area contributed by atoms with Crippen molar-refractivity contribution in [1.29, 1.82) is 0 Å². The first-order chi connectivity index (χ1) is 12.0. The average molecular weight is 341 g/mol. The number of carbonyl (C=O) groups is 1. The van der Waals surface area contributed by atoms with E-state index < -0.39 is 10.8 Å². The molecule has 0 fully saturated rings. The maximum atomic E-state index is 12.2. The van der Waals surface area contributed by atoms with Crippen LogP contribution in [0, 0.1) is 10.1 Å². The van der Waals surface area contributed by atoms with Crippen LogP contribution in [0.4, 0.5) is 5.69 Å². The van der Waals surface area contributed by atoms with Crippen LogP contribution in [0.15, 0.2) is 47.6 Å². The van der Waals surface area contributed by atoms with Crippen LogP contribution in [0.1, 0.15) is 22.8 Å². The number of fused-ring (bicyclic) bond motifs is 1. The van der Waals surface area contributed by atoms with Crippen molar-refractivity contribution < 1.29 is 19.2 Å². The lowest BCUT2D eigenvalue weighted by Gasteiger charge is -2.18. The Morgan fingerprint density at radius 1 is 1.12 bits per heavy atom. The summed E-state index contributed by atoms with van der Waals surface area (Å²) in [7, 11) is 0. The molecule has 0 unspecified atom stereocenters. The lowest BCUT2D eigenvalue weighted by Crippen LogP contribution is -2.20. The summed E-state index contributed by atoms with van der Waals surface area (Å²) in [6, 6.07) is 10.9. The highest BCUT2D eigenvalue weighted by atomic mass is 16.6. The predicted octanol–water partition coefficient (Wildman–Crippen LogP) is 2.52. The lowest BCUT2D eigenvalue weighted by molar-refractivity contribution is -0.384. The van der Waals surface area contributed by atoms with E-state index in [1.807, 2.05) is 0 Å². The number of nitro benzene ring substituents is 1. The highest BCUT2D eigenvalue weighted by Gasteiger charge is 2.15. The zero-order valence-electron chi connectivity index (χ0n) is 13.4. The number of amides is 1. The fourth-order valence-electron chi connectivity index (χ4n) is 2.29. The highest BCUT2D eigenvalue weighted by molar-refractivity contribution is 6.01. The molecule has 8 nitrogen and oxygen atoms in total. The minimum absolute atomic E-state index is 0.0368. The summed E-state index contributed by atoms with van der Waals surface area (Å²) in [5.74, 6) is 0.694. The van der Waals surface area contributed by atoms with Crippen molar-refractivity contribution in [1.82, 2.24) is 5.43 Å². The van der Waals surface area contributed by atoms with Gasteiger partial charge in [0.1, 0.15) is 13.2 Å². The van der Waals surface area contributed by atoms with E-state index in [0.29, 0.717) is 41.6 Å². The van der Waals surface area contributed by atoms with Gasteiger partial charge in [0.25, 0.3) is 11.6 Å². The first-order valence-corrected chi connectivity index (χ1v) is 7.54. The maximum Gasteiger partial charge on any atom is 0.271 e. The fourth-order valence-corrected chi connectivity index (χ4v) is 2.29. The fraction of sp³-hybridized carbons (Fsp3) is 0.176. The van der Waals surface area contributed by atoms with Gasteiger partial charge in [-0.2, -0.15) is 5.10 Å².